The van der Waals surface area contributed by atoms with Gasteiger partial charge in [0.15, 0.2) is 0 Å². The zero-order valence-electron chi connectivity index (χ0n) is 7.75. The fraction of sp³-hybridized carbons (Fsp3) is 0.455. The number of hydrogen-bond donors (Lipinski definition) is 1. The number of aliphatic hydroxyl groups excluding tert-OH is 1. The van der Waals surface area contributed by atoms with Crippen LogP contribution in [0, 0.1) is 0 Å². The van der Waals surface area contributed by atoms with Gasteiger partial charge in [0, 0.05) is 0 Å². The Morgan fingerprint density at radius 3 is 2.25 bits per heavy atom. The zero-order valence-corrected chi connectivity index (χ0v) is 7.75. The molecule has 66 valence electrons. The van der Waals surface area contributed by atoms with Crippen molar-refractivity contribution in [2.75, 3.05) is 0 Å². The Bertz CT molecular complexity index is 223. The Kier molecular flexibility index (Phi) is 3.30. The van der Waals surface area contributed by atoms with Gasteiger partial charge in [-0.05, 0) is 24.5 Å². The first kappa shape index (κ1) is 9.27. The maximum absolute atomic E-state index is 9.24. The molecule has 1 aromatic carbocycles. The van der Waals surface area contributed by atoms with Crippen LogP contribution in [0.15, 0.2) is 24.3 Å². The Balaban J connectivity index is 2.71. The summed E-state index contributed by atoms with van der Waals surface area (Å²) in [4.78, 5) is 0. The van der Waals surface area contributed by atoms with E-state index in [2.05, 4.69) is 19.1 Å². The molecule has 0 radical (unpaired) electrons. The van der Waals surface area contributed by atoms with Gasteiger partial charge in [-0.25, -0.2) is 0 Å². The van der Waals surface area contributed by atoms with Crippen LogP contribution in [0.1, 0.15) is 37.5 Å². The molecule has 0 saturated carbocycles. The monoisotopic (exact) mass is 164 g/mol. The largest absolute Gasteiger partial charge is 0.389 e. The highest BCUT2D eigenvalue weighted by Crippen LogP contribution is 2.13. The number of aliphatic hydroxyl groups is 1. The van der Waals surface area contributed by atoms with Gasteiger partial charge in [-0.3, -0.25) is 0 Å². The first-order chi connectivity index (χ1) is 5.74. The van der Waals surface area contributed by atoms with Crippen molar-refractivity contribution in [1.82, 2.24) is 0 Å². The second-order valence-electron chi connectivity index (χ2n) is 3.17. The molecule has 0 aromatic heterocycles. The van der Waals surface area contributed by atoms with E-state index in [9.17, 15) is 5.11 Å². The molecule has 0 amide bonds. The van der Waals surface area contributed by atoms with Crippen molar-refractivity contribution >= 4 is 0 Å². The van der Waals surface area contributed by atoms with E-state index in [-0.39, 0.29) is 6.10 Å². The molecule has 1 rings (SSSR count). The maximum atomic E-state index is 9.24. The normalized spacial score (nSPS) is 12.9. The van der Waals surface area contributed by atoms with E-state index in [1.807, 2.05) is 12.1 Å². The summed E-state index contributed by atoms with van der Waals surface area (Å²) in [6.45, 7) is 3.96. The molecule has 0 heterocycles. The minimum absolute atomic E-state index is 0.347. The fourth-order valence-electron chi connectivity index (χ4n) is 1.25. The van der Waals surface area contributed by atoms with Crippen molar-refractivity contribution in [2.45, 2.75) is 32.8 Å². The van der Waals surface area contributed by atoms with Crippen molar-refractivity contribution in [3.05, 3.63) is 35.4 Å². The first-order valence-corrected chi connectivity index (χ1v) is 4.51. The lowest BCUT2D eigenvalue weighted by molar-refractivity contribution is 0.199. The summed E-state index contributed by atoms with van der Waals surface area (Å²) in [5.41, 5.74) is 2.34. The van der Waals surface area contributed by atoms with E-state index in [1.165, 1.54) is 12.0 Å². The molecule has 1 aromatic rings. The molecule has 0 spiro atoms. The van der Waals surface area contributed by atoms with Crippen molar-refractivity contribution in [1.29, 1.82) is 0 Å². The van der Waals surface area contributed by atoms with Crippen LogP contribution < -0.4 is 0 Å². The van der Waals surface area contributed by atoms with Gasteiger partial charge in [0.1, 0.15) is 0 Å². The molecule has 0 saturated heterocycles. The Labute approximate surface area is 74.1 Å². The van der Waals surface area contributed by atoms with Crippen molar-refractivity contribution in [3.8, 4) is 0 Å². The minimum atomic E-state index is -0.347. The van der Waals surface area contributed by atoms with Gasteiger partial charge in [-0.2, -0.15) is 0 Å². The highest BCUT2D eigenvalue weighted by atomic mass is 16.3. The lowest BCUT2D eigenvalue weighted by Crippen LogP contribution is -1.91. The second kappa shape index (κ2) is 4.27. The lowest BCUT2D eigenvalue weighted by Gasteiger charge is -2.05. The average molecular weight is 164 g/mol. The third-order valence-electron chi connectivity index (χ3n) is 2.00. The van der Waals surface area contributed by atoms with Gasteiger partial charge in [0.05, 0.1) is 6.10 Å². The average Bonchev–Trinajstić information content (AvgIpc) is 2.06. The quantitative estimate of drug-likeness (QED) is 0.728. The molecule has 1 nitrogen and oxygen atoms in total. The molecule has 0 aliphatic carbocycles. The van der Waals surface area contributed by atoms with Gasteiger partial charge in [-0.15, -0.1) is 0 Å². The number of rotatable bonds is 3. The van der Waals surface area contributed by atoms with Gasteiger partial charge in [0.2, 0.25) is 0 Å². The van der Waals surface area contributed by atoms with Crippen molar-refractivity contribution in [3.63, 3.8) is 0 Å². The van der Waals surface area contributed by atoms with Crippen LogP contribution in [-0.4, -0.2) is 5.11 Å². The Hall–Kier alpha value is -0.820. The predicted octanol–water partition coefficient (Wildman–Crippen LogP) is 2.69. The number of hydrogen-bond acceptors (Lipinski definition) is 1. The van der Waals surface area contributed by atoms with Gasteiger partial charge in [-0.1, -0.05) is 37.6 Å². The fourth-order valence-corrected chi connectivity index (χ4v) is 1.25. The maximum Gasteiger partial charge on any atom is 0.0761 e. The van der Waals surface area contributed by atoms with Crippen molar-refractivity contribution in [2.24, 2.45) is 0 Å². The summed E-state index contributed by atoms with van der Waals surface area (Å²) < 4.78 is 0. The number of benzene rings is 1. The molecular weight excluding hydrogens is 148 g/mol. The molecule has 1 atom stereocenters. The van der Waals surface area contributed by atoms with Crippen LogP contribution in [-0.2, 0) is 6.42 Å². The van der Waals surface area contributed by atoms with E-state index in [4.69, 9.17) is 0 Å². The van der Waals surface area contributed by atoms with Crippen molar-refractivity contribution < 1.29 is 5.11 Å². The Morgan fingerprint density at radius 2 is 1.83 bits per heavy atom. The van der Waals surface area contributed by atoms with Crippen LogP contribution in [0.4, 0.5) is 0 Å². The molecule has 0 aliphatic rings. The van der Waals surface area contributed by atoms with E-state index in [0.29, 0.717) is 0 Å². The molecule has 1 heteroatoms. The van der Waals surface area contributed by atoms with Crippen LogP contribution >= 0.6 is 0 Å². The third kappa shape index (κ3) is 2.35. The predicted molar refractivity (Wildman–Crippen MR) is 51.1 cm³/mol. The van der Waals surface area contributed by atoms with Gasteiger partial charge in [0.25, 0.3) is 0 Å². The van der Waals surface area contributed by atoms with E-state index < -0.39 is 0 Å². The molecule has 1 N–H and O–H groups in total. The number of aryl methyl sites for hydroxylation is 1. The summed E-state index contributed by atoms with van der Waals surface area (Å²) in [7, 11) is 0. The van der Waals surface area contributed by atoms with Crippen LogP contribution in [0.25, 0.3) is 0 Å². The Morgan fingerprint density at radius 1 is 1.25 bits per heavy atom. The second-order valence-corrected chi connectivity index (χ2v) is 3.17. The SMILES string of the molecule is CCCc1ccc(C(C)O)cc1. The minimum Gasteiger partial charge on any atom is -0.389 e. The summed E-state index contributed by atoms with van der Waals surface area (Å²) in [6, 6.07) is 8.17. The molecule has 0 bridgehead atoms. The molecule has 0 fully saturated rings. The van der Waals surface area contributed by atoms with Crippen LogP contribution in [0.3, 0.4) is 0 Å². The summed E-state index contributed by atoms with van der Waals surface area (Å²) in [6.07, 6.45) is 1.95. The lowest BCUT2D eigenvalue weighted by atomic mass is 10.1. The highest BCUT2D eigenvalue weighted by Gasteiger charge is 1.98. The third-order valence-corrected chi connectivity index (χ3v) is 2.00. The molecule has 0 aliphatic heterocycles. The first-order valence-electron chi connectivity index (χ1n) is 4.51. The van der Waals surface area contributed by atoms with Crippen LogP contribution in [0.2, 0.25) is 0 Å². The topological polar surface area (TPSA) is 20.2 Å². The van der Waals surface area contributed by atoms with E-state index in [1.54, 1.807) is 6.92 Å². The standard InChI is InChI=1S/C11H16O/c1-3-4-10-5-7-11(8-6-10)9(2)12/h5-9,12H,3-4H2,1-2H3. The van der Waals surface area contributed by atoms with Gasteiger partial charge < -0.3 is 5.11 Å². The summed E-state index contributed by atoms with van der Waals surface area (Å²) >= 11 is 0. The zero-order chi connectivity index (χ0) is 8.97. The van der Waals surface area contributed by atoms with E-state index in [0.717, 1.165) is 12.0 Å². The highest BCUT2D eigenvalue weighted by molar-refractivity contribution is 5.23. The smallest absolute Gasteiger partial charge is 0.0761 e. The molecule has 1 unspecified atom stereocenters. The molecule has 12 heavy (non-hydrogen) atoms. The summed E-state index contributed by atoms with van der Waals surface area (Å²) in [5, 5.41) is 9.24. The van der Waals surface area contributed by atoms with E-state index >= 15 is 0 Å². The molecular formula is C11H16O. The van der Waals surface area contributed by atoms with Crippen LogP contribution in [0.5, 0.6) is 0 Å². The van der Waals surface area contributed by atoms with Gasteiger partial charge >= 0.3 is 0 Å². The summed E-state index contributed by atoms with van der Waals surface area (Å²) in [5.74, 6) is 0.